The predicted octanol–water partition coefficient (Wildman–Crippen LogP) is 1.53. The number of likely N-dealkylation sites (N-methyl/N-ethyl adjacent to an activating group) is 1. The average molecular weight is 324 g/mol. The van der Waals surface area contributed by atoms with Crippen molar-refractivity contribution in [1.82, 2.24) is 15.5 Å². The zero-order valence-electron chi connectivity index (χ0n) is 15.0. The van der Waals surface area contributed by atoms with Gasteiger partial charge in [-0.05, 0) is 39.5 Å². The summed E-state index contributed by atoms with van der Waals surface area (Å²) < 4.78 is 5.88. The second kappa shape index (κ2) is 10.3. The molecule has 1 amide bonds. The Hall–Kier alpha value is -1.56. The lowest BCUT2D eigenvalue weighted by Gasteiger charge is -2.31. The van der Waals surface area contributed by atoms with Crippen LogP contribution < -0.4 is 10.6 Å². The summed E-state index contributed by atoms with van der Waals surface area (Å²) in [5.41, 5.74) is 0. The SMILES string of the molecule is C=CCNC(=NCC(=O)N(C)C)NC1CCC(OC(C)C)CC1. The normalized spacial score (nSPS) is 21.9. The molecule has 0 heterocycles. The van der Waals surface area contributed by atoms with Crippen molar-refractivity contribution in [1.29, 1.82) is 0 Å². The van der Waals surface area contributed by atoms with E-state index in [-0.39, 0.29) is 18.6 Å². The van der Waals surface area contributed by atoms with Crippen molar-refractivity contribution in [2.75, 3.05) is 27.2 Å². The summed E-state index contributed by atoms with van der Waals surface area (Å²) >= 11 is 0. The summed E-state index contributed by atoms with van der Waals surface area (Å²) in [6.07, 6.45) is 6.64. The molecule has 1 fully saturated rings. The first kappa shape index (κ1) is 19.5. The van der Waals surface area contributed by atoms with Crippen LogP contribution in [0.5, 0.6) is 0 Å². The Kier molecular flexibility index (Phi) is 8.69. The Bertz CT molecular complexity index is 399. The molecule has 2 N–H and O–H groups in total. The van der Waals surface area contributed by atoms with Crippen LogP contribution in [0.15, 0.2) is 17.6 Å². The molecule has 1 rings (SSSR count). The smallest absolute Gasteiger partial charge is 0.243 e. The fourth-order valence-electron chi connectivity index (χ4n) is 2.53. The second-order valence-electron chi connectivity index (χ2n) is 6.43. The van der Waals surface area contributed by atoms with Gasteiger partial charge in [-0.3, -0.25) is 4.79 Å². The van der Waals surface area contributed by atoms with Gasteiger partial charge in [0, 0.05) is 26.7 Å². The minimum Gasteiger partial charge on any atom is -0.376 e. The van der Waals surface area contributed by atoms with Gasteiger partial charge in [0.05, 0.1) is 12.2 Å². The fraction of sp³-hybridized carbons (Fsp3) is 0.765. The highest BCUT2D eigenvalue weighted by Crippen LogP contribution is 2.22. The molecule has 0 unspecified atom stereocenters. The number of amides is 1. The van der Waals surface area contributed by atoms with Gasteiger partial charge < -0.3 is 20.3 Å². The molecular formula is C17H32N4O2. The molecule has 0 aromatic heterocycles. The molecule has 23 heavy (non-hydrogen) atoms. The van der Waals surface area contributed by atoms with Crippen molar-refractivity contribution in [3.05, 3.63) is 12.7 Å². The summed E-state index contributed by atoms with van der Waals surface area (Å²) in [5.74, 6) is 0.659. The monoisotopic (exact) mass is 324 g/mol. The molecule has 132 valence electrons. The topological polar surface area (TPSA) is 66.0 Å². The van der Waals surface area contributed by atoms with Crippen molar-refractivity contribution in [2.45, 2.75) is 57.8 Å². The van der Waals surface area contributed by atoms with Crippen molar-refractivity contribution < 1.29 is 9.53 Å². The molecule has 0 aromatic rings. The Morgan fingerprint density at radius 3 is 2.52 bits per heavy atom. The van der Waals surface area contributed by atoms with Crippen molar-refractivity contribution in [3.8, 4) is 0 Å². The summed E-state index contributed by atoms with van der Waals surface area (Å²) in [6.45, 7) is 8.63. The van der Waals surface area contributed by atoms with Gasteiger partial charge in [-0.1, -0.05) is 6.08 Å². The Balaban J connectivity index is 2.49. The van der Waals surface area contributed by atoms with E-state index < -0.39 is 0 Å². The Morgan fingerprint density at radius 1 is 1.35 bits per heavy atom. The number of hydrogen-bond donors (Lipinski definition) is 2. The number of guanidine groups is 1. The molecule has 0 atom stereocenters. The molecule has 6 heteroatoms. The molecule has 1 aliphatic carbocycles. The first-order valence-corrected chi connectivity index (χ1v) is 8.43. The predicted molar refractivity (Wildman–Crippen MR) is 94.6 cm³/mol. The van der Waals surface area contributed by atoms with Crippen molar-refractivity contribution in [2.24, 2.45) is 4.99 Å². The summed E-state index contributed by atoms with van der Waals surface area (Å²) in [5, 5.41) is 6.60. The highest BCUT2D eigenvalue weighted by Gasteiger charge is 2.23. The molecule has 0 aliphatic heterocycles. The molecule has 0 saturated heterocycles. The van der Waals surface area contributed by atoms with E-state index in [2.05, 4.69) is 36.1 Å². The lowest BCUT2D eigenvalue weighted by atomic mass is 9.93. The van der Waals surface area contributed by atoms with Crippen molar-refractivity contribution >= 4 is 11.9 Å². The van der Waals surface area contributed by atoms with Crippen LogP contribution in [0.25, 0.3) is 0 Å². The van der Waals surface area contributed by atoms with Crippen LogP contribution in [0.2, 0.25) is 0 Å². The largest absolute Gasteiger partial charge is 0.376 e. The number of rotatable bonds is 7. The number of ether oxygens (including phenoxy) is 1. The molecule has 1 saturated carbocycles. The summed E-state index contributed by atoms with van der Waals surface area (Å²) in [6, 6.07) is 0.368. The van der Waals surface area contributed by atoms with E-state index in [1.165, 1.54) is 0 Å². The third-order valence-electron chi connectivity index (χ3n) is 3.76. The highest BCUT2D eigenvalue weighted by molar-refractivity contribution is 5.85. The van der Waals surface area contributed by atoms with Gasteiger partial charge in [-0.25, -0.2) is 4.99 Å². The van der Waals surface area contributed by atoms with Crippen LogP contribution in [-0.2, 0) is 9.53 Å². The lowest BCUT2D eigenvalue weighted by molar-refractivity contribution is -0.127. The van der Waals surface area contributed by atoms with Crippen molar-refractivity contribution in [3.63, 3.8) is 0 Å². The third-order valence-corrected chi connectivity index (χ3v) is 3.76. The van der Waals surface area contributed by atoms with Crippen LogP contribution >= 0.6 is 0 Å². The number of hydrogen-bond acceptors (Lipinski definition) is 3. The Morgan fingerprint density at radius 2 is 2.00 bits per heavy atom. The van der Waals surface area contributed by atoms with Crippen LogP contribution in [-0.4, -0.2) is 62.2 Å². The zero-order chi connectivity index (χ0) is 17.2. The van der Waals surface area contributed by atoms with E-state index in [0.717, 1.165) is 25.7 Å². The van der Waals surface area contributed by atoms with Gasteiger partial charge >= 0.3 is 0 Å². The number of carbonyl (C=O) groups is 1. The molecule has 6 nitrogen and oxygen atoms in total. The van der Waals surface area contributed by atoms with Gasteiger partial charge in [0.25, 0.3) is 0 Å². The maximum atomic E-state index is 11.7. The van der Waals surface area contributed by atoms with E-state index >= 15 is 0 Å². The molecular weight excluding hydrogens is 292 g/mol. The molecule has 0 spiro atoms. The number of nitrogens with one attached hydrogen (secondary N) is 2. The minimum absolute atomic E-state index is 0.0151. The van der Waals surface area contributed by atoms with Gasteiger partial charge in [-0.2, -0.15) is 0 Å². The van der Waals surface area contributed by atoms with Crippen LogP contribution in [0.1, 0.15) is 39.5 Å². The zero-order valence-corrected chi connectivity index (χ0v) is 15.0. The van der Waals surface area contributed by atoms with Gasteiger partial charge in [0.1, 0.15) is 6.54 Å². The summed E-state index contributed by atoms with van der Waals surface area (Å²) in [7, 11) is 3.47. The maximum Gasteiger partial charge on any atom is 0.243 e. The van der Waals surface area contributed by atoms with E-state index in [9.17, 15) is 4.79 Å². The minimum atomic E-state index is -0.0151. The van der Waals surface area contributed by atoms with Crippen LogP contribution in [0.3, 0.4) is 0 Å². The fourth-order valence-corrected chi connectivity index (χ4v) is 2.53. The molecule has 0 aromatic carbocycles. The van der Waals surface area contributed by atoms with Crippen LogP contribution in [0, 0.1) is 0 Å². The van der Waals surface area contributed by atoms with E-state index in [1.54, 1.807) is 25.1 Å². The average Bonchev–Trinajstić information content (AvgIpc) is 2.50. The first-order chi connectivity index (χ1) is 10.9. The second-order valence-corrected chi connectivity index (χ2v) is 6.43. The summed E-state index contributed by atoms with van der Waals surface area (Å²) in [4.78, 5) is 17.6. The highest BCUT2D eigenvalue weighted by atomic mass is 16.5. The standard InChI is InChI=1S/C17H32N4O2/c1-6-11-18-17(19-12-16(22)21(4)5)20-14-7-9-15(10-8-14)23-13(2)3/h6,13-15H,1,7-12H2,2-5H3,(H2,18,19,20). The molecule has 1 aliphatic rings. The number of carbonyl (C=O) groups excluding carboxylic acids is 1. The van der Waals surface area contributed by atoms with E-state index in [0.29, 0.717) is 24.7 Å². The molecule has 0 bridgehead atoms. The first-order valence-electron chi connectivity index (χ1n) is 8.43. The number of nitrogens with zero attached hydrogens (tertiary/aromatic N) is 2. The molecule has 0 radical (unpaired) electrons. The van der Waals surface area contributed by atoms with E-state index in [1.807, 2.05) is 0 Å². The lowest BCUT2D eigenvalue weighted by Crippen LogP contribution is -2.46. The van der Waals surface area contributed by atoms with Gasteiger partial charge in [0.15, 0.2) is 5.96 Å². The van der Waals surface area contributed by atoms with Gasteiger partial charge in [-0.15, -0.1) is 6.58 Å². The Labute approximate surface area is 140 Å². The number of aliphatic imine (C=N–C) groups is 1. The van der Waals surface area contributed by atoms with Crippen LogP contribution in [0.4, 0.5) is 0 Å². The quantitative estimate of drug-likeness (QED) is 0.423. The van der Waals surface area contributed by atoms with Gasteiger partial charge in [0.2, 0.25) is 5.91 Å². The van der Waals surface area contributed by atoms with E-state index in [4.69, 9.17) is 4.74 Å². The maximum absolute atomic E-state index is 11.7. The third kappa shape index (κ3) is 8.02.